The first-order valence-electron chi connectivity index (χ1n) is 4.83. The number of aromatic nitrogens is 2. The molecule has 7 heteroatoms. The largest absolute Gasteiger partial charge is 0.367 e. The van der Waals surface area contributed by atoms with Crippen LogP contribution in [0.3, 0.4) is 0 Å². The van der Waals surface area contributed by atoms with Crippen LogP contribution in [0.2, 0.25) is 0 Å². The van der Waals surface area contributed by atoms with E-state index in [2.05, 4.69) is 15.9 Å². The Balaban J connectivity index is 3.28. The van der Waals surface area contributed by atoms with Gasteiger partial charge in [0, 0.05) is 12.6 Å². The summed E-state index contributed by atoms with van der Waals surface area (Å²) in [5.74, 6) is 1.65. The first-order chi connectivity index (χ1) is 8.59. The van der Waals surface area contributed by atoms with Crippen molar-refractivity contribution in [2.75, 3.05) is 0 Å². The van der Waals surface area contributed by atoms with Crippen molar-refractivity contribution in [2.24, 2.45) is 0 Å². The van der Waals surface area contributed by atoms with E-state index in [0.29, 0.717) is 0 Å². The maximum Gasteiger partial charge on any atom is 0.367 e. The van der Waals surface area contributed by atoms with E-state index in [1.807, 2.05) is 0 Å². The van der Waals surface area contributed by atoms with Gasteiger partial charge in [-0.1, -0.05) is 0 Å². The van der Waals surface area contributed by atoms with Crippen molar-refractivity contribution in [2.45, 2.75) is 18.3 Å². The molecule has 0 bridgehead atoms. The van der Waals surface area contributed by atoms with Crippen LogP contribution in [-0.4, -0.2) is 14.9 Å². The Morgan fingerprint density at radius 1 is 1.50 bits per heavy atom. The Morgan fingerprint density at radius 3 is 2.67 bits per heavy atom. The third-order valence-electron chi connectivity index (χ3n) is 2.24. The Labute approximate surface area is 103 Å². The summed E-state index contributed by atoms with van der Waals surface area (Å²) in [7, 11) is 0. The Bertz CT molecular complexity index is 577. The lowest BCUT2D eigenvalue weighted by Crippen LogP contribution is -2.25. The van der Waals surface area contributed by atoms with E-state index < -0.39 is 16.2 Å². The molecule has 18 heavy (non-hydrogen) atoms. The number of rotatable bonds is 4. The highest BCUT2D eigenvalue weighted by atomic mass is 16.6. The molecule has 0 unspecified atom stereocenters. The molecule has 7 nitrogen and oxygen atoms in total. The fourth-order valence-electron chi connectivity index (χ4n) is 1.26. The molecule has 1 heterocycles. The van der Waals surface area contributed by atoms with Crippen molar-refractivity contribution < 1.29 is 4.92 Å². The lowest BCUT2D eigenvalue weighted by Gasteiger charge is -2.11. The first-order valence-corrected chi connectivity index (χ1v) is 4.83. The van der Waals surface area contributed by atoms with E-state index >= 15 is 0 Å². The number of nitro groups is 1. The molecule has 0 aliphatic carbocycles. The number of terminal acetylenes is 1. The number of hydrogen-bond donors (Lipinski definition) is 0. The van der Waals surface area contributed by atoms with Gasteiger partial charge in [-0.3, -0.25) is 0 Å². The predicted molar refractivity (Wildman–Crippen MR) is 59.7 cm³/mol. The first kappa shape index (κ1) is 13.1. The Kier molecular flexibility index (Phi) is 3.91. The molecule has 0 spiro atoms. The van der Waals surface area contributed by atoms with Crippen molar-refractivity contribution in [3.63, 3.8) is 0 Å². The lowest BCUT2D eigenvalue weighted by molar-refractivity contribution is -0.389. The SMILES string of the molecule is C#CCCC(C#N)(C#N)c1nccc([N+](=O)[O-])n1. The second-order valence-electron chi connectivity index (χ2n) is 3.33. The van der Waals surface area contributed by atoms with Crippen LogP contribution in [0.25, 0.3) is 0 Å². The fourth-order valence-corrected chi connectivity index (χ4v) is 1.26. The highest BCUT2D eigenvalue weighted by molar-refractivity contribution is 5.34. The van der Waals surface area contributed by atoms with Gasteiger partial charge >= 0.3 is 5.82 Å². The van der Waals surface area contributed by atoms with E-state index in [1.165, 1.54) is 0 Å². The third kappa shape index (κ3) is 2.40. The molecule has 0 radical (unpaired) electrons. The van der Waals surface area contributed by atoms with Gasteiger partial charge in [-0.25, -0.2) is 4.98 Å². The average molecular weight is 241 g/mol. The third-order valence-corrected chi connectivity index (χ3v) is 2.24. The van der Waals surface area contributed by atoms with Gasteiger partial charge in [0.2, 0.25) is 5.41 Å². The van der Waals surface area contributed by atoms with Gasteiger partial charge in [-0.05, 0) is 16.3 Å². The van der Waals surface area contributed by atoms with Gasteiger partial charge in [0.1, 0.15) is 0 Å². The minimum atomic E-state index is -1.65. The molecule has 1 aromatic rings. The molecule has 0 fully saturated rings. The van der Waals surface area contributed by atoms with Gasteiger partial charge in [-0.2, -0.15) is 10.5 Å². The molecule has 0 saturated carbocycles. The fraction of sp³-hybridized carbons (Fsp3) is 0.273. The Hall–Kier alpha value is -2.98. The topological polar surface area (TPSA) is 116 Å². The standard InChI is InChI=1S/C11H7N5O2/c1-2-3-5-11(7-12,8-13)10-14-6-4-9(15-10)16(17)18/h1,4,6H,3,5H2. The molecule has 0 atom stereocenters. The quantitative estimate of drug-likeness (QED) is 0.442. The van der Waals surface area contributed by atoms with Gasteiger partial charge in [0.05, 0.1) is 18.2 Å². The summed E-state index contributed by atoms with van der Waals surface area (Å²) in [6.45, 7) is 0. The zero-order valence-corrected chi connectivity index (χ0v) is 9.20. The predicted octanol–water partition coefficient (Wildman–Crippen LogP) is 1.08. The van der Waals surface area contributed by atoms with Crippen LogP contribution in [0.4, 0.5) is 5.82 Å². The highest BCUT2D eigenvalue weighted by Gasteiger charge is 2.39. The van der Waals surface area contributed by atoms with Crippen LogP contribution in [0, 0.1) is 45.1 Å². The van der Waals surface area contributed by atoms with E-state index in [9.17, 15) is 10.1 Å². The number of nitriles is 2. The second-order valence-corrected chi connectivity index (χ2v) is 3.33. The Morgan fingerprint density at radius 2 is 2.17 bits per heavy atom. The summed E-state index contributed by atoms with van der Waals surface area (Å²) >= 11 is 0. The maximum absolute atomic E-state index is 10.6. The summed E-state index contributed by atoms with van der Waals surface area (Å²) in [6.07, 6.45) is 6.42. The molecule has 88 valence electrons. The van der Waals surface area contributed by atoms with Crippen LogP contribution < -0.4 is 0 Å². The molecule has 0 aliphatic heterocycles. The molecule has 1 aromatic heterocycles. The smallest absolute Gasteiger partial charge is 0.358 e. The molecule has 0 aromatic carbocycles. The van der Waals surface area contributed by atoms with Crippen LogP contribution in [0.15, 0.2) is 12.3 Å². The van der Waals surface area contributed by atoms with Gasteiger partial charge in [0.25, 0.3) is 5.82 Å². The van der Waals surface area contributed by atoms with Crippen LogP contribution in [-0.2, 0) is 5.41 Å². The summed E-state index contributed by atoms with van der Waals surface area (Å²) in [5.41, 5.74) is -1.65. The van der Waals surface area contributed by atoms with Gasteiger partial charge < -0.3 is 10.1 Å². The van der Waals surface area contributed by atoms with Crippen molar-refractivity contribution in [1.29, 1.82) is 10.5 Å². The van der Waals surface area contributed by atoms with E-state index in [4.69, 9.17) is 16.9 Å². The molecule has 0 N–H and O–H groups in total. The van der Waals surface area contributed by atoms with E-state index in [0.717, 1.165) is 12.3 Å². The summed E-state index contributed by atoms with van der Waals surface area (Å²) in [5, 5.41) is 28.8. The van der Waals surface area contributed by atoms with Crippen molar-refractivity contribution in [1.82, 2.24) is 9.97 Å². The zero-order chi connectivity index (χ0) is 13.6. The monoisotopic (exact) mass is 241 g/mol. The minimum absolute atomic E-state index is 0.0255. The normalized spacial score (nSPS) is 9.83. The van der Waals surface area contributed by atoms with E-state index in [-0.39, 0.29) is 18.7 Å². The van der Waals surface area contributed by atoms with Crippen LogP contribution >= 0.6 is 0 Å². The summed E-state index contributed by atoms with van der Waals surface area (Å²) < 4.78 is 0. The second kappa shape index (κ2) is 5.38. The molecule has 0 aliphatic rings. The minimum Gasteiger partial charge on any atom is -0.358 e. The van der Waals surface area contributed by atoms with E-state index in [1.54, 1.807) is 12.1 Å². The molecule has 0 saturated heterocycles. The molecule has 1 rings (SSSR count). The number of hydrogen-bond acceptors (Lipinski definition) is 6. The highest BCUT2D eigenvalue weighted by Crippen LogP contribution is 2.26. The van der Waals surface area contributed by atoms with Crippen molar-refractivity contribution in [3.8, 4) is 24.5 Å². The van der Waals surface area contributed by atoms with Crippen LogP contribution in [0.1, 0.15) is 18.7 Å². The van der Waals surface area contributed by atoms with Gasteiger partial charge in [0.15, 0.2) is 0 Å². The summed E-state index contributed by atoms with van der Waals surface area (Å²) in [6, 6.07) is 4.64. The van der Waals surface area contributed by atoms with Crippen LogP contribution in [0.5, 0.6) is 0 Å². The average Bonchev–Trinajstić information content (AvgIpc) is 2.41. The number of nitrogens with zero attached hydrogens (tertiary/aromatic N) is 5. The van der Waals surface area contributed by atoms with Crippen molar-refractivity contribution >= 4 is 5.82 Å². The zero-order valence-electron chi connectivity index (χ0n) is 9.20. The van der Waals surface area contributed by atoms with Crippen molar-refractivity contribution in [3.05, 3.63) is 28.2 Å². The van der Waals surface area contributed by atoms with Gasteiger partial charge in [-0.15, -0.1) is 12.3 Å². The molecular weight excluding hydrogens is 234 g/mol. The maximum atomic E-state index is 10.6. The summed E-state index contributed by atoms with van der Waals surface area (Å²) in [4.78, 5) is 17.2. The lowest BCUT2D eigenvalue weighted by atomic mass is 9.85. The molecule has 0 amide bonds. The molecular formula is C11H7N5O2.